The van der Waals surface area contributed by atoms with E-state index in [1.165, 1.54) is 5.56 Å². The van der Waals surface area contributed by atoms with E-state index >= 15 is 0 Å². The van der Waals surface area contributed by atoms with Crippen molar-refractivity contribution in [3.05, 3.63) is 58.6 Å². The lowest BCUT2D eigenvalue weighted by atomic mass is 9.99. The van der Waals surface area contributed by atoms with Gasteiger partial charge in [0, 0.05) is 25.1 Å². The van der Waals surface area contributed by atoms with Gasteiger partial charge in [-0.15, -0.1) is 0 Å². The van der Waals surface area contributed by atoms with E-state index < -0.39 is 0 Å². The van der Waals surface area contributed by atoms with Gasteiger partial charge < -0.3 is 14.4 Å². The topological polar surface area (TPSA) is 38.8 Å². The molecule has 0 bridgehead atoms. The highest BCUT2D eigenvalue weighted by Crippen LogP contribution is 2.39. The molecule has 2 aromatic carbocycles. The Labute approximate surface area is 158 Å². The summed E-state index contributed by atoms with van der Waals surface area (Å²) in [7, 11) is 0. The molecule has 136 valence electrons. The first-order chi connectivity index (χ1) is 12.7. The molecule has 2 aliphatic rings. The van der Waals surface area contributed by atoms with Crippen molar-refractivity contribution in [1.82, 2.24) is 4.90 Å². The lowest BCUT2D eigenvalue weighted by Crippen LogP contribution is -2.24. The Kier molecular flexibility index (Phi) is 5.14. The zero-order valence-electron chi connectivity index (χ0n) is 14.6. The number of fused-ring (bicyclic) bond motifs is 1. The van der Waals surface area contributed by atoms with Crippen LogP contribution in [0.2, 0.25) is 5.02 Å². The standard InChI is InChI=1S/C21H22ClNO3/c22-20-17(6-7-19-21(20)26-13-12-25-19)18(24)9-11-23-10-8-16(14-23)15-4-2-1-3-5-15/h1-7,16H,8-14H2. The second-order valence-electron chi connectivity index (χ2n) is 6.82. The van der Waals surface area contributed by atoms with Crippen LogP contribution in [-0.2, 0) is 0 Å². The summed E-state index contributed by atoms with van der Waals surface area (Å²) >= 11 is 6.38. The Hall–Kier alpha value is -2.04. The molecule has 26 heavy (non-hydrogen) atoms. The number of benzene rings is 2. The zero-order chi connectivity index (χ0) is 17.9. The second-order valence-corrected chi connectivity index (χ2v) is 7.20. The molecule has 1 saturated heterocycles. The third-order valence-corrected chi connectivity index (χ3v) is 5.52. The molecule has 0 radical (unpaired) electrons. The van der Waals surface area contributed by atoms with E-state index in [-0.39, 0.29) is 5.78 Å². The van der Waals surface area contributed by atoms with Crippen LogP contribution in [0.25, 0.3) is 0 Å². The molecule has 1 atom stereocenters. The first-order valence-electron chi connectivity index (χ1n) is 9.11. The number of ether oxygens (including phenoxy) is 2. The molecule has 0 amide bonds. The van der Waals surface area contributed by atoms with E-state index in [9.17, 15) is 4.79 Å². The average molecular weight is 372 g/mol. The minimum Gasteiger partial charge on any atom is -0.486 e. The van der Waals surface area contributed by atoms with Gasteiger partial charge in [0.25, 0.3) is 0 Å². The van der Waals surface area contributed by atoms with Crippen molar-refractivity contribution in [3.8, 4) is 11.5 Å². The monoisotopic (exact) mass is 371 g/mol. The van der Waals surface area contributed by atoms with Gasteiger partial charge in [0.05, 0.1) is 5.02 Å². The molecule has 4 nitrogen and oxygen atoms in total. The van der Waals surface area contributed by atoms with Gasteiger partial charge in [0.2, 0.25) is 0 Å². The highest BCUT2D eigenvalue weighted by molar-refractivity contribution is 6.35. The maximum Gasteiger partial charge on any atom is 0.180 e. The average Bonchev–Trinajstić information content (AvgIpc) is 3.16. The number of hydrogen-bond donors (Lipinski definition) is 0. The van der Waals surface area contributed by atoms with Gasteiger partial charge >= 0.3 is 0 Å². The van der Waals surface area contributed by atoms with E-state index in [1.807, 2.05) is 6.07 Å². The fourth-order valence-corrected chi connectivity index (χ4v) is 4.04. The van der Waals surface area contributed by atoms with E-state index in [0.717, 1.165) is 26.1 Å². The molecule has 1 unspecified atom stereocenters. The summed E-state index contributed by atoms with van der Waals surface area (Å²) < 4.78 is 11.1. The fraction of sp³-hybridized carbons (Fsp3) is 0.381. The number of rotatable bonds is 5. The summed E-state index contributed by atoms with van der Waals surface area (Å²) in [6, 6.07) is 14.1. The van der Waals surface area contributed by atoms with Crippen LogP contribution in [0.1, 0.15) is 34.7 Å². The first-order valence-corrected chi connectivity index (χ1v) is 9.49. The van der Waals surface area contributed by atoms with Crippen LogP contribution in [-0.4, -0.2) is 43.5 Å². The molecule has 0 saturated carbocycles. The number of carbonyl (C=O) groups is 1. The number of hydrogen-bond acceptors (Lipinski definition) is 4. The van der Waals surface area contributed by atoms with Crippen molar-refractivity contribution in [2.75, 3.05) is 32.8 Å². The van der Waals surface area contributed by atoms with Crippen molar-refractivity contribution in [2.45, 2.75) is 18.8 Å². The SMILES string of the molecule is O=C(CCN1CCC(c2ccccc2)C1)c1ccc2c(c1Cl)OCCO2. The van der Waals surface area contributed by atoms with Crippen molar-refractivity contribution < 1.29 is 14.3 Å². The summed E-state index contributed by atoms with van der Waals surface area (Å²) in [5.41, 5.74) is 1.91. The van der Waals surface area contributed by atoms with Gasteiger partial charge in [0.15, 0.2) is 17.3 Å². The van der Waals surface area contributed by atoms with Gasteiger partial charge in [-0.3, -0.25) is 4.79 Å². The summed E-state index contributed by atoms with van der Waals surface area (Å²) in [4.78, 5) is 15.0. The molecule has 2 aliphatic heterocycles. The van der Waals surface area contributed by atoms with Gasteiger partial charge in [-0.1, -0.05) is 41.9 Å². The van der Waals surface area contributed by atoms with Gasteiger partial charge in [-0.2, -0.15) is 0 Å². The predicted molar refractivity (Wildman–Crippen MR) is 102 cm³/mol. The van der Waals surface area contributed by atoms with E-state index in [0.29, 0.717) is 47.6 Å². The third-order valence-electron chi connectivity index (χ3n) is 5.15. The number of nitrogens with zero attached hydrogens (tertiary/aromatic N) is 1. The van der Waals surface area contributed by atoms with Crippen LogP contribution >= 0.6 is 11.6 Å². The van der Waals surface area contributed by atoms with Crippen molar-refractivity contribution >= 4 is 17.4 Å². The van der Waals surface area contributed by atoms with Crippen LogP contribution in [0.4, 0.5) is 0 Å². The number of carbonyl (C=O) groups excluding carboxylic acids is 1. The molecule has 0 aromatic heterocycles. The summed E-state index contributed by atoms with van der Waals surface area (Å²) in [5, 5.41) is 0.371. The van der Waals surface area contributed by atoms with Crippen molar-refractivity contribution in [1.29, 1.82) is 0 Å². The molecule has 2 heterocycles. The van der Waals surface area contributed by atoms with Gasteiger partial charge in [-0.05, 0) is 36.6 Å². The zero-order valence-corrected chi connectivity index (χ0v) is 15.4. The van der Waals surface area contributed by atoms with E-state index in [4.69, 9.17) is 21.1 Å². The molecule has 0 spiro atoms. The minimum atomic E-state index is 0.0511. The predicted octanol–water partition coefficient (Wildman–Crippen LogP) is 4.17. The maximum absolute atomic E-state index is 12.7. The largest absolute Gasteiger partial charge is 0.486 e. The van der Waals surface area contributed by atoms with Crippen LogP contribution in [0.3, 0.4) is 0 Å². The van der Waals surface area contributed by atoms with Crippen molar-refractivity contribution in [3.63, 3.8) is 0 Å². The minimum absolute atomic E-state index is 0.0511. The molecule has 4 rings (SSSR count). The Morgan fingerprint density at radius 3 is 2.77 bits per heavy atom. The normalized spacial score (nSPS) is 19.5. The molecule has 2 aromatic rings. The van der Waals surface area contributed by atoms with Crippen LogP contribution < -0.4 is 9.47 Å². The number of halogens is 1. The Morgan fingerprint density at radius 2 is 1.92 bits per heavy atom. The van der Waals surface area contributed by atoms with Gasteiger partial charge in [0.1, 0.15) is 13.2 Å². The van der Waals surface area contributed by atoms with Crippen LogP contribution in [0, 0.1) is 0 Å². The van der Waals surface area contributed by atoms with Crippen LogP contribution in [0.5, 0.6) is 11.5 Å². The van der Waals surface area contributed by atoms with E-state index in [1.54, 1.807) is 12.1 Å². The van der Waals surface area contributed by atoms with E-state index in [2.05, 4.69) is 29.2 Å². The lowest BCUT2D eigenvalue weighted by molar-refractivity contribution is 0.0967. The Morgan fingerprint density at radius 1 is 1.12 bits per heavy atom. The first kappa shape index (κ1) is 17.4. The molecule has 0 N–H and O–H groups in total. The van der Waals surface area contributed by atoms with Gasteiger partial charge in [-0.25, -0.2) is 0 Å². The third kappa shape index (κ3) is 3.57. The fourth-order valence-electron chi connectivity index (χ4n) is 3.72. The number of ketones is 1. The summed E-state index contributed by atoms with van der Waals surface area (Å²) in [5.74, 6) is 1.72. The summed E-state index contributed by atoms with van der Waals surface area (Å²) in [6.45, 7) is 3.76. The second kappa shape index (κ2) is 7.68. The molecule has 5 heteroatoms. The summed E-state index contributed by atoms with van der Waals surface area (Å²) in [6.07, 6.45) is 1.60. The molecular weight excluding hydrogens is 350 g/mol. The maximum atomic E-state index is 12.7. The highest BCUT2D eigenvalue weighted by Gasteiger charge is 2.25. The smallest absolute Gasteiger partial charge is 0.180 e. The Bertz CT molecular complexity index is 793. The van der Waals surface area contributed by atoms with Crippen LogP contribution in [0.15, 0.2) is 42.5 Å². The number of likely N-dealkylation sites (tertiary alicyclic amines) is 1. The lowest BCUT2D eigenvalue weighted by Gasteiger charge is -2.21. The quantitative estimate of drug-likeness (QED) is 0.739. The van der Waals surface area contributed by atoms with Crippen molar-refractivity contribution in [2.24, 2.45) is 0 Å². The number of Topliss-reactive ketones (excluding diaryl/α,β-unsaturated/α-hetero) is 1. The molecular formula is C21H22ClNO3. The molecule has 0 aliphatic carbocycles. The Balaban J connectivity index is 1.36. The highest BCUT2D eigenvalue weighted by atomic mass is 35.5. The molecule has 1 fully saturated rings.